The highest BCUT2D eigenvalue weighted by molar-refractivity contribution is 5.95. The summed E-state index contributed by atoms with van der Waals surface area (Å²) in [5, 5.41) is 9.79. The molecule has 2 aliphatic rings. The van der Waals surface area contributed by atoms with Crippen molar-refractivity contribution in [3.63, 3.8) is 0 Å². The zero-order valence-corrected chi connectivity index (χ0v) is 15.4. The minimum Gasteiger partial charge on any atom is -0.508 e. The zero-order chi connectivity index (χ0) is 18.8. The van der Waals surface area contributed by atoms with Crippen molar-refractivity contribution in [2.45, 2.75) is 24.8 Å². The van der Waals surface area contributed by atoms with E-state index in [1.54, 1.807) is 19.2 Å². The number of rotatable bonds is 4. The van der Waals surface area contributed by atoms with Crippen LogP contribution in [0, 0.1) is 0 Å². The number of methoxy groups -OCH3 is 1. The van der Waals surface area contributed by atoms with Gasteiger partial charge in [-0.05, 0) is 48.2 Å². The fraction of sp³-hybridized carbons (Fsp3) is 0.381. The summed E-state index contributed by atoms with van der Waals surface area (Å²) >= 11 is 0. The van der Waals surface area contributed by atoms with Crippen LogP contribution in [0.15, 0.2) is 42.5 Å². The van der Waals surface area contributed by atoms with Crippen molar-refractivity contribution in [1.29, 1.82) is 0 Å². The van der Waals surface area contributed by atoms with Crippen LogP contribution in [0.1, 0.15) is 46.3 Å². The van der Waals surface area contributed by atoms with E-state index < -0.39 is 0 Å². The summed E-state index contributed by atoms with van der Waals surface area (Å²) in [4.78, 5) is 15.1. The van der Waals surface area contributed by atoms with E-state index >= 15 is 0 Å². The van der Waals surface area contributed by atoms with Gasteiger partial charge in [0, 0.05) is 31.1 Å². The number of amides is 1. The molecule has 3 N–H and O–H groups in total. The molecular formula is C21H25N3O3. The van der Waals surface area contributed by atoms with Crippen molar-refractivity contribution in [3.8, 4) is 11.5 Å². The lowest BCUT2D eigenvalue weighted by Crippen LogP contribution is -2.30. The fourth-order valence-electron chi connectivity index (χ4n) is 4.12. The molecule has 1 amide bonds. The Kier molecular flexibility index (Phi) is 5.01. The molecule has 0 aliphatic carbocycles. The van der Waals surface area contributed by atoms with Gasteiger partial charge in [0.1, 0.15) is 11.5 Å². The van der Waals surface area contributed by atoms with Crippen LogP contribution >= 0.6 is 0 Å². The maximum Gasteiger partial charge on any atom is 0.254 e. The van der Waals surface area contributed by atoms with Crippen LogP contribution in [0.25, 0.3) is 0 Å². The molecule has 2 heterocycles. The van der Waals surface area contributed by atoms with E-state index in [-0.39, 0.29) is 17.7 Å². The lowest BCUT2D eigenvalue weighted by molar-refractivity contribution is 0.0735. The number of ether oxygens (including phenoxy) is 1. The van der Waals surface area contributed by atoms with Crippen molar-refractivity contribution in [3.05, 3.63) is 59.2 Å². The predicted molar refractivity (Wildman–Crippen MR) is 103 cm³/mol. The van der Waals surface area contributed by atoms with Gasteiger partial charge in [-0.3, -0.25) is 15.6 Å². The average molecular weight is 367 g/mol. The Hall–Kier alpha value is -2.57. The first-order valence-corrected chi connectivity index (χ1v) is 9.41. The number of likely N-dealkylation sites (tertiary alicyclic amines) is 1. The summed E-state index contributed by atoms with van der Waals surface area (Å²) in [6.45, 7) is 2.41. The van der Waals surface area contributed by atoms with Gasteiger partial charge in [0.2, 0.25) is 0 Å². The minimum atomic E-state index is -0.00139. The molecule has 4 rings (SSSR count). The van der Waals surface area contributed by atoms with Crippen molar-refractivity contribution in [2.24, 2.45) is 0 Å². The first-order chi connectivity index (χ1) is 13.2. The monoisotopic (exact) mass is 367 g/mol. The third-order valence-electron chi connectivity index (χ3n) is 5.51. The Morgan fingerprint density at radius 2 is 2.00 bits per heavy atom. The van der Waals surface area contributed by atoms with Gasteiger partial charge in [0.05, 0.1) is 13.2 Å². The molecule has 1 unspecified atom stereocenters. The summed E-state index contributed by atoms with van der Waals surface area (Å²) in [5.41, 5.74) is 8.99. The Balaban J connectivity index is 1.60. The van der Waals surface area contributed by atoms with E-state index in [1.165, 1.54) is 0 Å². The van der Waals surface area contributed by atoms with E-state index in [1.807, 2.05) is 35.2 Å². The molecule has 2 aromatic carbocycles. The van der Waals surface area contributed by atoms with E-state index in [2.05, 4.69) is 10.9 Å². The van der Waals surface area contributed by atoms with Gasteiger partial charge < -0.3 is 14.7 Å². The van der Waals surface area contributed by atoms with Gasteiger partial charge >= 0.3 is 0 Å². The number of hydrogen-bond acceptors (Lipinski definition) is 5. The molecular weight excluding hydrogens is 342 g/mol. The van der Waals surface area contributed by atoms with Gasteiger partial charge in [-0.1, -0.05) is 18.2 Å². The molecule has 2 fully saturated rings. The first-order valence-electron chi connectivity index (χ1n) is 9.41. The van der Waals surface area contributed by atoms with Crippen LogP contribution < -0.4 is 15.6 Å². The Morgan fingerprint density at radius 3 is 2.74 bits per heavy atom. The number of nitrogens with one attached hydrogen (secondary N) is 2. The Bertz CT molecular complexity index is 833. The topological polar surface area (TPSA) is 73.8 Å². The third kappa shape index (κ3) is 3.50. The Morgan fingerprint density at radius 1 is 1.19 bits per heavy atom. The second kappa shape index (κ2) is 7.58. The van der Waals surface area contributed by atoms with Gasteiger partial charge in [-0.2, -0.15) is 0 Å². The molecule has 0 aromatic heterocycles. The van der Waals surface area contributed by atoms with Crippen molar-refractivity contribution >= 4 is 5.91 Å². The second-order valence-electron chi connectivity index (χ2n) is 7.17. The number of nitrogens with zero attached hydrogens (tertiary/aromatic N) is 1. The molecule has 142 valence electrons. The van der Waals surface area contributed by atoms with Crippen LogP contribution in [0.3, 0.4) is 0 Å². The van der Waals surface area contributed by atoms with E-state index in [0.717, 1.165) is 49.4 Å². The SMILES string of the molecule is COc1cc(C(=O)N2CCCC2c2cccc(O)c2)ccc1C1CNNC1. The largest absolute Gasteiger partial charge is 0.508 e. The number of benzene rings is 2. The second-order valence-corrected chi connectivity index (χ2v) is 7.17. The number of phenols is 1. The minimum absolute atomic E-state index is 0.00139. The van der Waals surface area contributed by atoms with E-state index in [9.17, 15) is 9.90 Å². The summed E-state index contributed by atoms with van der Waals surface area (Å²) in [7, 11) is 1.65. The first kappa shape index (κ1) is 17.8. The maximum atomic E-state index is 13.2. The fourth-order valence-corrected chi connectivity index (χ4v) is 4.12. The highest BCUT2D eigenvalue weighted by Crippen LogP contribution is 2.35. The lowest BCUT2D eigenvalue weighted by Gasteiger charge is -2.26. The molecule has 2 aliphatic heterocycles. The number of carbonyl (C=O) groups excluding carboxylic acids is 1. The molecule has 0 bridgehead atoms. The number of hydrazine groups is 1. The van der Waals surface area contributed by atoms with Crippen molar-refractivity contribution < 1.29 is 14.6 Å². The van der Waals surface area contributed by atoms with Crippen LogP contribution in [-0.2, 0) is 0 Å². The third-order valence-corrected chi connectivity index (χ3v) is 5.51. The van der Waals surface area contributed by atoms with Crippen LogP contribution in [0.2, 0.25) is 0 Å². The van der Waals surface area contributed by atoms with Crippen molar-refractivity contribution in [1.82, 2.24) is 15.8 Å². The molecule has 6 heteroatoms. The highest BCUT2D eigenvalue weighted by Gasteiger charge is 2.31. The summed E-state index contributed by atoms with van der Waals surface area (Å²) < 4.78 is 5.58. The number of phenolic OH excluding ortho intramolecular Hbond substituents is 1. The van der Waals surface area contributed by atoms with Gasteiger partial charge in [0.15, 0.2) is 0 Å². The van der Waals surface area contributed by atoms with E-state index in [0.29, 0.717) is 11.5 Å². The van der Waals surface area contributed by atoms with Gasteiger partial charge in [-0.25, -0.2) is 0 Å². The van der Waals surface area contributed by atoms with Crippen LogP contribution in [0.4, 0.5) is 0 Å². The number of carbonyl (C=O) groups is 1. The molecule has 1 atom stereocenters. The molecule has 0 saturated carbocycles. The van der Waals surface area contributed by atoms with E-state index in [4.69, 9.17) is 4.74 Å². The summed E-state index contributed by atoms with van der Waals surface area (Å²) in [5.74, 6) is 1.32. The zero-order valence-electron chi connectivity index (χ0n) is 15.4. The number of hydrogen-bond donors (Lipinski definition) is 3. The quantitative estimate of drug-likeness (QED) is 0.775. The highest BCUT2D eigenvalue weighted by atomic mass is 16.5. The smallest absolute Gasteiger partial charge is 0.254 e. The summed E-state index contributed by atoms with van der Waals surface area (Å²) in [6, 6.07) is 13.0. The average Bonchev–Trinajstić information content (AvgIpc) is 3.39. The summed E-state index contributed by atoms with van der Waals surface area (Å²) in [6.07, 6.45) is 1.87. The van der Waals surface area contributed by atoms with Gasteiger partial charge in [0.25, 0.3) is 5.91 Å². The molecule has 6 nitrogen and oxygen atoms in total. The lowest BCUT2D eigenvalue weighted by atomic mass is 9.97. The molecule has 0 spiro atoms. The van der Waals surface area contributed by atoms with Crippen molar-refractivity contribution in [2.75, 3.05) is 26.7 Å². The molecule has 0 radical (unpaired) electrons. The number of aromatic hydroxyl groups is 1. The molecule has 2 saturated heterocycles. The predicted octanol–water partition coefficient (Wildman–Crippen LogP) is 2.57. The normalized spacial score (nSPS) is 20.2. The standard InChI is InChI=1S/C21H25N3O3/c1-27-20-11-15(7-8-18(20)16-12-22-23-13-16)21(26)24-9-3-6-19(24)14-4-2-5-17(25)10-14/h2,4-5,7-8,10-11,16,19,22-23,25H,3,6,9,12-13H2,1H3. The maximum absolute atomic E-state index is 13.2. The van der Waals surface area contributed by atoms with Crippen LogP contribution in [-0.4, -0.2) is 42.7 Å². The molecule has 27 heavy (non-hydrogen) atoms. The van der Waals surface area contributed by atoms with Gasteiger partial charge in [-0.15, -0.1) is 0 Å². The molecule has 2 aromatic rings. The Labute approximate surface area is 159 Å². The van der Waals surface area contributed by atoms with Crippen LogP contribution in [0.5, 0.6) is 11.5 Å².